The lowest BCUT2D eigenvalue weighted by Gasteiger charge is -2.23. The van der Waals surface area contributed by atoms with Crippen LogP contribution in [0.4, 0.5) is 5.69 Å². The first-order valence-electron chi connectivity index (χ1n) is 6.75. The smallest absolute Gasteiger partial charge is 0.326 e. The average molecular weight is 271 g/mol. The summed E-state index contributed by atoms with van der Waals surface area (Å²) in [7, 11) is 1.91. The van der Waals surface area contributed by atoms with Gasteiger partial charge in [0.1, 0.15) is 6.04 Å². The van der Waals surface area contributed by atoms with Gasteiger partial charge in [-0.3, -0.25) is 4.68 Å². The summed E-state index contributed by atoms with van der Waals surface area (Å²) >= 11 is 0. The molecule has 1 N–H and O–H groups in total. The van der Waals surface area contributed by atoms with Crippen molar-refractivity contribution in [3.63, 3.8) is 0 Å². The maximum atomic E-state index is 11.2. The molecule has 1 aliphatic heterocycles. The Morgan fingerprint density at radius 2 is 2.05 bits per heavy atom. The van der Waals surface area contributed by atoms with Crippen LogP contribution in [-0.2, 0) is 11.8 Å². The van der Waals surface area contributed by atoms with Gasteiger partial charge >= 0.3 is 5.97 Å². The van der Waals surface area contributed by atoms with Crippen LogP contribution in [0.2, 0.25) is 0 Å². The van der Waals surface area contributed by atoms with Gasteiger partial charge in [-0.2, -0.15) is 5.10 Å². The summed E-state index contributed by atoms with van der Waals surface area (Å²) in [6.07, 6.45) is 3.42. The monoisotopic (exact) mass is 271 g/mol. The van der Waals surface area contributed by atoms with Crippen molar-refractivity contribution >= 4 is 11.7 Å². The number of anilines is 1. The van der Waals surface area contributed by atoms with Crippen molar-refractivity contribution in [2.75, 3.05) is 11.4 Å². The lowest BCUT2D eigenvalue weighted by molar-refractivity contribution is -0.138. The minimum Gasteiger partial charge on any atom is -0.480 e. The third-order valence-corrected chi connectivity index (χ3v) is 3.85. The number of hydrogen-bond donors (Lipinski definition) is 1. The molecule has 0 saturated carbocycles. The average Bonchev–Trinajstić information content (AvgIpc) is 3.07. The second-order valence-electron chi connectivity index (χ2n) is 5.08. The summed E-state index contributed by atoms with van der Waals surface area (Å²) in [5.41, 5.74) is 3.10. The van der Waals surface area contributed by atoms with E-state index in [1.165, 1.54) is 0 Å². The predicted octanol–water partition coefficient (Wildman–Crippen LogP) is 2.14. The van der Waals surface area contributed by atoms with Crippen LogP contribution in [-0.4, -0.2) is 33.4 Å². The molecule has 1 aromatic carbocycles. The normalized spacial score (nSPS) is 18.4. The second-order valence-corrected chi connectivity index (χ2v) is 5.08. The third-order valence-electron chi connectivity index (χ3n) is 3.85. The van der Waals surface area contributed by atoms with E-state index in [1.54, 1.807) is 6.20 Å². The Morgan fingerprint density at radius 3 is 2.65 bits per heavy atom. The highest BCUT2D eigenvalue weighted by molar-refractivity contribution is 5.79. The number of aliphatic carboxylic acids is 1. The molecule has 1 unspecified atom stereocenters. The topological polar surface area (TPSA) is 58.4 Å². The number of nitrogens with zero attached hydrogens (tertiary/aromatic N) is 3. The van der Waals surface area contributed by atoms with Crippen molar-refractivity contribution in [3.8, 4) is 11.3 Å². The van der Waals surface area contributed by atoms with Crippen molar-refractivity contribution < 1.29 is 9.90 Å². The number of hydrogen-bond acceptors (Lipinski definition) is 3. The molecule has 1 aliphatic rings. The maximum Gasteiger partial charge on any atom is 0.326 e. The molecule has 1 saturated heterocycles. The molecule has 1 aromatic heterocycles. The predicted molar refractivity (Wildman–Crippen MR) is 76.6 cm³/mol. The number of carboxylic acids is 1. The van der Waals surface area contributed by atoms with E-state index in [0.717, 1.165) is 36.3 Å². The van der Waals surface area contributed by atoms with Crippen molar-refractivity contribution in [1.29, 1.82) is 0 Å². The first-order chi connectivity index (χ1) is 9.66. The van der Waals surface area contributed by atoms with Gasteiger partial charge in [0, 0.05) is 25.5 Å². The van der Waals surface area contributed by atoms with Gasteiger partial charge in [0.2, 0.25) is 0 Å². The molecule has 1 atom stereocenters. The highest BCUT2D eigenvalue weighted by atomic mass is 16.4. The van der Waals surface area contributed by atoms with Crippen LogP contribution in [0.15, 0.2) is 36.5 Å². The summed E-state index contributed by atoms with van der Waals surface area (Å²) in [4.78, 5) is 13.2. The Labute approximate surface area is 117 Å². The molecule has 104 valence electrons. The Kier molecular flexibility index (Phi) is 3.18. The molecule has 0 bridgehead atoms. The SMILES string of the molecule is Cn1nccc1-c1ccc(N2CCCC2C(=O)O)cc1. The first kappa shape index (κ1) is 12.7. The van der Waals surface area contributed by atoms with Gasteiger partial charge in [-0.05, 0) is 36.6 Å². The lowest BCUT2D eigenvalue weighted by atomic mass is 10.1. The van der Waals surface area contributed by atoms with Gasteiger partial charge in [0.05, 0.1) is 5.69 Å². The molecular formula is C15H17N3O2. The van der Waals surface area contributed by atoms with Gasteiger partial charge in [-0.15, -0.1) is 0 Å². The Hall–Kier alpha value is -2.30. The summed E-state index contributed by atoms with van der Waals surface area (Å²) in [5, 5.41) is 13.4. The highest BCUT2D eigenvalue weighted by Gasteiger charge is 2.30. The lowest BCUT2D eigenvalue weighted by Crippen LogP contribution is -2.35. The number of carboxylic acid groups (broad SMARTS) is 1. The first-order valence-corrected chi connectivity index (χ1v) is 6.75. The Bertz CT molecular complexity index is 618. The standard InChI is InChI=1S/C15H17N3O2/c1-17-13(8-9-16-17)11-4-6-12(7-5-11)18-10-2-3-14(18)15(19)20/h4-9,14H,2-3,10H2,1H3,(H,19,20). The molecule has 3 rings (SSSR count). The van der Waals surface area contributed by atoms with Gasteiger partial charge in [0.15, 0.2) is 0 Å². The molecule has 0 spiro atoms. The molecule has 2 aromatic rings. The fourth-order valence-corrected chi connectivity index (χ4v) is 2.81. The summed E-state index contributed by atoms with van der Waals surface area (Å²) in [5.74, 6) is -0.738. The molecule has 0 radical (unpaired) electrons. The molecule has 0 aliphatic carbocycles. The van der Waals surface area contributed by atoms with Gasteiger partial charge in [-0.1, -0.05) is 12.1 Å². The van der Waals surface area contributed by atoms with Crippen LogP contribution in [0, 0.1) is 0 Å². The van der Waals surface area contributed by atoms with E-state index in [1.807, 2.05) is 47.0 Å². The molecule has 5 nitrogen and oxygen atoms in total. The molecular weight excluding hydrogens is 254 g/mol. The van der Waals surface area contributed by atoms with Crippen LogP contribution in [0.3, 0.4) is 0 Å². The maximum absolute atomic E-state index is 11.2. The van der Waals surface area contributed by atoms with Crippen molar-refractivity contribution in [2.24, 2.45) is 7.05 Å². The van der Waals surface area contributed by atoms with Crippen LogP contribution >= 0.6 is 0 Å². The summed E-state index contributed by atoms with van der Waals surface area (Å²) in [6.45, 7) is 0.808. The summed E-state index contributed by atoms with van der Waals surface area (Å²) in [6, 6.07) is 9.59. The number of rotatable bonds is 3. The Balaban J connectivity index is 1.86. The minimum absolute atomic E-state index is 0.391. The fourth-order valence-electron chi connectivity index (χ4n) is 2.81. The van der Waals surface area contributed by atoms with E-state index < -0.39 is 12.0 Å². The van der Waals surface area contributed by atoms with E-state index in [9.17, 15) is 9.90 Å². The molecule has 1 fully saturated rings. The highest BCUT2D eigenvalue weighted by Crippen LogP contribution is 2.28. The number of aryl methyl sites for hydroxylation is 1. The van der Waals surface area contributed by atoms with Gasteiger partial charge in [-0.25, -0.2) is 4.79 Å². The largest absolute Gasteiger partial charge is 0.480 e. The van der Waals surface area contributed by atoms with Crippen LogP contribution in [0.25, 0.3) is 11.3 Å². The minimum atomic E-state index is -0.738. The molecule has 20 heavy (non-hydrogen) atoms. The van der Waals surface area contributed by atoms with Crippen LogP contribution < -0.4 is 4.90 Å². The van der Waals surface area contributed by atoms with Crippen molar-refractivity contribution in [2.45, 2.75) is 18.9 Å². The number of aromatic nitrogens is 2. The van der Waals surface area contributed by atoms with E-state index in [4.69, 9.17) is 0 Å². The molecule has 0 amide bonds. The fraction of sp³-hybridized carbons (Fsp3) is 0.333. The van der Waals surface area contributed by atoms with E-state index in [0.29, 0.717) is 0 Å². The number of carbonyl (C=O) groups is 1. The summed E-state index contributed by atoms with van der Waals surface area (Å²) < 4.78 is 1.82. The number of benzene rings is 1. The van der Waals surface area contributed by atoms with Gasteiger partial charge < -0.3 is 10.0 Å². The van der Waals surface area contributed by atoms with E-state index in [2.05, 4.69) is 5.10 Å². The van der Waals surface area contributed by atoms with Crippen molar-refractivity contribution in [3.05, 3.63) is 36.5 Å². The zero-order chi connectivity index (χ0) is 14.1. The van der Waals surface area contributed by atoms with E-state index in [-0.39, 0.29) is 0 Å². The quantitative estimate of drug-likeness (QED) is 0.929. The van der Waals surface area contributed by atoms with Crippen LogP contribution in [0.5, 0.6) is 0 Å². The second kappa shape index (κ2) is 5.00. The van der Waals surface area contributed by atoms with Gasteiger partial charge in [0.25, 0.3) is 0 Å². The Morgan fingerprint density at radius 1 is 1.30 bits per heavy atom. The zero-order valence-corrected chi connectivity index (χ0v) is 11.4. The van der Waals surface area contributed by atoms with Crippen LogP contribution in [0.1, 0.15) is 12.8 Å². The molecule has 2 heterocycles. The van der Waals surface area contributed by atoms with E-state index >= 15 is 0 Å². The third kappa shape index (κ3) is 2.15. The zero-order valence-electron chi connectivity index (χ0n) is 11.4. The van der Waals surface area contributed by atoms with Crippen molar-refractivity contribution in [1.82, 2.24) is 9.78 Å². The molecule has 5 heteroatoms.